The monoisotopic (exact) mass is 226 g/mol. The molecule has 1 fully saturated rings. The predicted octanol–water partition coefficient (Wildman–Crippen LogP) is 1.06. The Morgan fingerprint density at radius 2 is 1.87 bits per heavy atom. The molecule has 1 aliphatic rings. The maximum Gasteiger partial charge on any atom is 0.407 e. The Labute approximate surface area is 84.8 Å². The molecule has 0 aliphatic carbocycles. The highest BCUT2D eigenvalue weighted by Gasteiger charge is 2.45. The van der Waals surface area contributed by atoms with E-state index < -0.39 is 24.2 Å². The maximum atomic E-state index is 13.8. The van der Waals surface area contributed by atoms with Crippen LogP contribution < -0.4 is 5.73 Å². The second-order valence-corrected chi connectivity index (χ2v) is 3.66. The zero-order valence-electron chi connectivity index (χ0n) is 8.00. The van der Waals surface area contributed by atoms with E-state index in [1.165, 1.54) is 0 Å². The summed E-state index contributed by atoms with van der Waals surface area (Å²) in [5.41, 5.74) is 2.90. The number of amides is 1. The van der Waals surface area contributed by atoms with Crippen molar-refractivity contribution in [3.63, 3.8) is 0 Å². The Balaban J connectivity index is 2.58. The lowest BCUT2D eigenvalue weighted by Gasteiger charge is -2.38. The SMILES string of the molecule is N[C@@H](C(F)F)C1(F)CCN(C(=O)O)CC1. The number of alkyl halides is 3. The van der Waals surface area contributed by atoms with Crippen molar-refractivity contribution in [2.24, 2.45) is 5.73 Å². The minimum Gasteiger partial charge on any atom is -0.465 e. The molecule has 0 aromatic carbocycles. The van der Waals surface area contributed by atoms with Crippen molar-refractivity contribution in [1.29, 1.82) is 0 Å². The van der Waals surface area contributed by atoms with Crippen molar-refractivity contribution in [1.82, 2.24) is 4.90 Å². The Kier molecular flexibility index (Phi) is 3.43. The highest BCUT2D eigenvalue weighted by Crippen LogP contribution is 2.31. The maximum absolute atomic E-state index is 13.8. The van der Waals surface area contributed by atoms with E-state index in [-0.39, 0.29) is 25.9 Å². The third-order valence-corrected chi connectivity index (χ3v) is 2.73. The van der Waals surface area contributed by atoms with E-state index in [0.29, 0.717) is 0 Å². The average molecular weight is 226 g/mol. The zero-order valence-corrected chi connectivity index (χ0v) is 8.00. The standard InChI is InChI=1S/C8H13F3N2O2/c9-6(10)5(12)8(11)1-3-13(4-2-8)7(14)15/h5-6H,1-4,12H2,(H,14,15)/t5-/m0/s1. The molecule has 0 radical (unpaired) electrons. The van der Waals surface area contributed by atoms with Crippen LogP contribution in [-0.2, 0) is 0 Å². The third-order valence-electron chi connectivity index (χ3n) is 2.73. The summed E-state index contributed by atoms with van der Waals surface area (Å²) in [6.45, 7) is -0.182. The normalized spacial score (nSPS) is 22.9. The van der Waals surface area contributed by atoms with Crippen molar-refractivity contribution in [3.8, 4) is 0 Å². The molecule has 1 atom stereocenters. The molecule has 0 unspecified atom stereocenters. The quantitative estimate of drug-likeness (QED) is 0.739. The summed E-state index contributed by atoms with van der Waals surface area (Å²) in [6.07, 6.45) is -4.63. The Morgan fingerprint density at radius 1 is 1.40 bits per heavy atom. The molecule has 7 heteroatoms. The van der Waals surface area contributed by atoms with Crippen LogP contribution in [0.5, 0.6) is 0 Å². The Hall–Kier alpha value is -0.980. The van der Waals surface area contributed by atoms with Gasteiger partial charge in [0.05, 0.1) is 0 Å². The van der Waals surface area contributed by atoms with Gasteiger partial charge >= 0.3 is 6.09 Å². The number of hydrogen-bond donors (Lipinski definition) is 2. The highest BCUT2D eigenvalue weighted by atomic mass is 19.3. The minimum absolute atomic E-state index is 0.0910. The number of nitrogens with zero attached hydrogens (tertiary/aromatic N) is 1. The number of carboxylic acid groups (broad SMARTS) is 1. The summed E-state index contributed by atoms with van der Waals surface area (Å²) in [4.78, 5) is 11.5. The van der Waals surface area contributed by atoms with Gasteiger partial charge in [-0.05, 0) is 0 Å². The van der Waals surface area contributed by atoms with Crippen LogP contribution in [0.25, 0.3) is 0 Å². The molecular weight excluding hydrogens is 213 g/mol. The molecule has 0 aromatic heterocycles. The second-order valence-electron chi connectivity index (χ2n) is 3.66. The van der Waals surface area contributed by atoms with Crippen LogP contribution in [-0.4, -0.2) is 47.3 Å². The smallest absolute Gasteiger partial charge is 0.407 e. The topological polar surface area (TPSA) is 66.6 Å². The summed E-state index contributed by atoms with van der Waals surface area (Å²) in [5, 5.41) is 8.58. The number of likely N-dealkylation sites (tertiary alicyclic amines) is 1. The molecule has 1 rings (SSSR count). The zero-order chi connectivity index (χ0) is 11.6. The fraction of sp³-hybridized carbons (Fsp3) is 0.875. The number of piperidine rings is 1. The van der Waals surface area contributed by atoms with Gasteiger partial charge in [-0.2, -0.15) is 0 Å². The van der Waals surface area contributed by atoms with Gasteiger partial charge in [-0.1, -0.05) is 0 Å². The lowest BCUT2D eigenvalue weighted by molar-refractivity contribution is -0.0200. The van der Waals surface area contributed by atoms with Crippen LogP contribution in [0.2, 0.25) is 0 Å². The summed E-state index contributed by atoms with van der Waals surface area (Å²) in [7, 11) is 0. The van der Waals surface area contributed by atoms with Gasteiger partial charge in [0.1, 0.15) is 11.7 Å². The Bertz CT molecular complexity index is 242. The van der Waals surface area contributed by atoms with Crippen LogP contribution in [0.3, 0.4) is 0 Å². The number of hydrogen-bond acceptors (Lipinski definition) is 2. The van der Waals surface area contributed by atoms with E-state index in [1.54, 1.807) is 0 Å². The van der Waals surface area contributed by atoms with Crippen molar-refractivity contribution in [2.75, 3.05) is 13.1 Å². The fourth-order valence-corrected chi connectivity index (χ4v) is 1.63. The van der Waals surface area contributed by atoms with Gasteiger partial charge in [0.15, 0.2) is 0 Å². The number of rotatable bonds is 2. The van der Waals surface area contributed by atoms with Crippen LogP contribution in [0, 0.1) is 0 Å². The first-order valence-corrected chi connectivity index (χ1v) is 4.57. The summed E-state index contributed by atoms with van der Waals surface area (Å²) in [6, 6.07) is -1.84. The molecule has 1 aliphatic heterocycles. The van der Waals surface area contributed by atoms with E-state index in [9.17, 15) is 18.0 Å². The molecule has 4 nitrogen and oxygen atoms in total. The van der Waals surface area contributed by atoms with Crippen LogP contribution in [0.1, 0.15) is 12.8 Å². The van der Waals surface area contributed by atoms with E-state index in [4.69, 9.17) is 10.8 Å². The minimum atomic E-state index is -2.92. The van der Waals surface area contributed by atoms with Crippen LogP contribution in [0.4, 0.5) is 18.0 Å². The lowest BCUT2D eigenvalue weighted by Crippen LogP contribution is -2.55. The van der Waals surface area contributed by atoms with E-state index in [0.717, 1.165) is 4.90 Å². The van der Waals surface area contributed by atoms with Crippen molar-refractivity contribution in [2.45, 2.75) is 31.0 Å². The first-order valence-electron chi connectivity index (χ1n) is 4.57. The van der Waals surface area contributed by atoms with Gasteiger partial charge in [-0.3, -0.25) is 0 Å². The molecule has 0 bridgehead atoms. The summed E-state index contributed by atoms with van der Waals surface area (Å²) in [5.74, 6) is 0. The number of carbonyl (C=O) groups is 1. The predicted molar refractivity (Wildman–Crippen MR) is 46.7 cm³/mol. The van der Waals surface area contributed by atoms with E-state index >= 15 is 0 Å². The van der Waals surface area contributed by atoms with Crippen molar-refractivity contribution < 1.29 is 23.1 Å². The molecule has 0 saturated carbocycles. The van der Waals surface area contributed by atoms with Gasteiger partial charge in [0.25, 0.3) is 6.43 Å². The first kappa shape index (κ1) is 12.1. The molecule has 15 heavy (non-hydrogen) atoms. The second kappa shape index (κ2) is 4.26. The molecular formula is C8H13F3N2O2. The molecule has 1 heterocycles. The molecule has 0 aromatic rings. The van der Waals surface area contributed by atoms with Crippen LogP contribution in [0.15, 0.2) is 0 Å². The lowest BCUT2D eigenvalue weighted by atomic mass is 9.87. The summed E-state index contributed by atoms with van der Waals surface area (Å²) < 4.78 is 38.3. The third kappa shape index (κ3) is 2.53. The van der Waals surface area contributed by atoms with Crippen molar-refractivity contribution >= 4 is 6.09 Å². The van der Waals surface area contributed by atoms with E-state index in [1.807, 2.05) is 0 Å². The first-order chi connectivity index (χ1) is 6.87. The molecule has 1 amide bonds. The largest absolute Gasteiger partial charge is 0.465 e. The van der Waals surface area contributed by atoms with Crippen LogP contribution >= 0.6 is 0 Å². The molecule has 1 saturated heterocycles. The van der Waals surface area contributed by atoms with Gasteiger partial charge in [-0.25, -0.2) is 18.0 Å². The molecule has 3 N–H and O–H groups in total. The average Bonchev–Trinajstić information content (AvgIpc) is 2.17. The van der Waals surface area contributed by atoms with E-state index in [2.05, 4.69) is 0 Å². The molecule has 88 valence electrons. The number of nitrogens with two attached hydrogens (primary N) is 1. The van der Waals surface area contributed by atoms with Gasteiger partial charge in [0, 0.05) is 25.9 Å². The van der Waals surface area contributed by atoms with Gasteiger partial charge in [0.2, 0.25) is 0 Å². The molecule has 0 spiro atoms. The Morgan fingerprint density at radius 3 is 2.20 bits per heavy atom. The van der Waals surface area contributed by atoms with Crippen molar-refractivity contribution in [3.05, 3.63) is 0 Å². The fourth-order valence-electron chi connectivity index (χ4n) is 1.63. The number of halogens is 3. The van der Waals surface area contributed by atoms with Gasteiger partial charge in [-0.15, -0.1) is 0 Å². The van der Waals surface area contributed by atoms with Gasteiger partial charge < -0.3 is 15.7 Å². The highest BCUT2D eigenvalue weighted by molar-refractivity contribution is 5.65. The summed E-state index contributed by atoms with van der Waals surface area (Å²) >= 11 is 0.